The highest BCUT2D eigenvalue weighted by Gasteiger charge is 2.46. The van der Waals surface area contributed by atoms with Crippen molar-refractivity contribution in [2.45, 2.75) is 54.3 Å². The number of sulfonamides is 1. The fourth-order valence-corrected chi connectivity index (χ4v) is 8.66. The summed E-state index contributed by atoms with van der Waals surface area (Å²) in [4.78, 5) is -0.300. The second-order valence-corrected chi connectivity index (χ2v) is 14.7. The second-order valence-electron chi connectivity index (χ2n) is 10.7. The number of allylic oxidation sites excluding steroid dienone is 2. The van der Waals surface area contributed by atoms with Crippen molar-refractivity contribution in [1.82, 2.24) is 0 Å². The normalized spacial score (nSPS) is 20.2. The van der Waals surface area contributed by atoms with Crippen LogP contribution in [0.25, 0.3) is 0 Å². The van der Waals surface area contributed by atoms with E-state index in [2.05, 4.69) is 13.2 Å². The smallest absolute Gasteiger partial charge is 0.416 e. The second kappa shape index (κ2) is 13.3. The van der Waals surface area contributed by atoms with Crippen molar-refractivity contribution in [2.75, 3.05) is 12.4 Å². The minimum atomic E-state index is -4.64. The Hall–Kier alpha value is -2.77. The van der Waals surface area contributed by atoms with Gasteiger partial charge >= 0.3 is 6.18 Å². The first-order valence-corrected chi connectivity index (χ1v) is 16.4. The number of nitrogens with two attached hydrogens (primary N) is 1. The zero-order chi connectivity index (χ0) is 31.3. The predicted octanol–water partition coefficient (Wildman–Crippen LogP) is 6.44. The van der Waals surface area contributed by atoms with Gasteiger partial charge in [-0.25, -0.2) is 30.8 Å². The van der Waals surface area contributed by atoms with Crippen LogP contribution in [0.15, 0.2) is 72.7 Å². The first kappa shape index (κ1) is 33.7. The molecule has 0 bridgehead atoms. The molecule has 6 nitrogen and oxygen atoms in total. The molecule has 2 aromatic rings. The van der Waals surface area contributed by atoms with E-state index in [-0.39, 0.29) is 30.8 Å². The van der Waals surface area contributed by atoms with Gasteiger partial charge in [-0.3, -0.25) is 0 Å². The van der Waals surface area contributed by atoms with Gasteiger partial charge in [-0.1, -0.05) is 18.6 Å². The van der Waals surface area contributed by atoms with E-state index in [0.717, 1.165) is 30.3 Å². The van der Waals surface area contributed by atoms with Crippen molar-refractivity contribution >= 4 is 19.9 Å². The van der Waals surface area contributed by atoms with Crippen LogP contribution in [-0.4, -0.2) is 33.9 Å². The molecule has 1 aliphatic carbocycles. The van der Waals surface area contributed by atoms with E-state index in [9.17, 15) is 38.8 Å². The third-order valence-electron chi connectivity index (χ3n) is 7.93. The molecule has 1 fully saturated rings. The van der Waals surface area contributed by atoms with Crippen molar-refractivity contribution in [1.29, 1.82) is 0 Å². The molecule has 3 atom stereocenters. The predicted molar refractivity (Wildman–Crippen MR) is 150 cm³/mol. The van der Waals surface area contributed by atoms with Gasteiger partial charge in [0.25, 0.3) is 0 Å². The number of rotatable bonds is 13. The maximum Gasteiger partial charge on any atom is 0.416 e. The van der Waals surface area contributed by atoms with Gasteiger partial charge in [0.05, 0.1) is 27.6 Å². The van der Waals surface area contributed by atoms with E-state index in [0.29, 0.717) is 31.4 Å². The van der Waals surface area contributed by atoms with Gasteiger partial charge in [0.2, 0.25) is 10.0 Å². The molecule has 0 saturated heterocycles. The van der Waals surface area contributed by atoms with Crippen molar-refractivity contribution in [2.24, 2.45) is 22.9 Å². The Labute approximate surface area is 243 Å². The summed E-state index contributed by atoms with van der Waals surface area (Å²) in [5.41, 5.74) is -0.994. The van der Waals surface area contributed by atoms with Crippen molar-refractivity contribution in [3.05, 3.63) is 85.0 Å². The average molecular weight is 636 g/mol. The number of hydrogen-bond donors (Lipinski definition) is 1. The summed E-state index contributed by atoms with van der Waals surface area (Å²) in [7, 11) is -8.27. The monoisotopic (exact) mass is 635 g/mol. The molecule has 0 heterocycles. The molecule has 0 amide bonds. The van der Waals surface area contributed by atoms with Gasteiger partial charge < -0.3 is 4.74 Å². The fourth-order valence-electron chi connectivity index (χ4n) is 5.79. The van der Waals surface area contributed by atoms with E-state index in [1.165, 1.54) is 12.2 Å². The Bertz CT molecular complexity index is 1460. The largest absolute Gasteiger partial charge is 0.490 e. The number of sulfone groups is 1. The standard InChI is InChI=1S/C29H34F5NO5S2/c1-3-14-28(15-4-2,42(35,38)39)17-20-6-5-7-21(25(20)18-40-27-16-23(30)10-13-26(27)31)19-41(36,37)24-11-8-22(9-12-24)29(32,33)34/h3-4,8-13,16,20-21,25H,1-2,5-7,14-15,17-19H2,(H2,35,38,39)/t20?,21?,25-/m0/s1. The van der Waals surface area contributed by atoms with Gasteiger partial charge in [0, 0.05) is 6.07 Å². The quantitative estimate of drug-likeness (QED) is 0.202. The lowest BCUT2D eigenvalue weighted by Crippen LogP contribution is -2.47. The Morgan fingerprint density at radius 1 is 0.929 bits per heavy atom. The number of hydrogen-bond acceptors (Lipinski definition) is 5. The number of halogens is 5. The Morgan fingerprint density at radius 3 is 2.07 bits per heavy atom. The van der Waals surface area contributed by atoms with Gasteiger partial charge in [0.1, 0.15) is 5.82 Å². The summed E-state index contributed by atoms with van der Waals surface area (Å²) in [6.07, 6.45) is -0.423. The van der Waals surface area contributed by atoms with Crippen LogP contribution in [-0.2, 0) is 26.0 Å². The van der Waals surface area contributed by atoms with Crippen LogP contribution < -0.4 is 9.88 Å². The molecule has 2 aromatic carbocycles. The molecule has 0 aliphatic heterocycles. The van der Waals surface area contributed by atoms with Gasteiger partial charge in [-0.2, -0.15) is 13.2 Å². The van der Waals surface area contributed by atoms with Crippen LogP contribution in [0.2, 0.25) is 0 Å². The molecule has 2 N–H and O–H groups in total. The minimum absolute atomic E-state index is 0.000357. The molecular formula is C29H34F5NO5S2. The number of ether oxygens (including phenoxy) is 1. The number of alkyl halides is 3. The number of benzene rings is 2. The fraction of sp³-hybridized carbons (Fsp3) is 0.448. The zero-order valence-corrected chi connectivity index (χ0v) is 24.5. The molecule has 0 aromatic heterocycles. The van der Waals surface area contributed by atoms with E-state index in [1.807, 2.05) is 0 Å². The average Bonchev–Trinajstić information content (AvgIpc) is 2.89. The molecule has 0 spiro atoms. The summed E-state index contributed by atoms with van der Waals surface area (Å²) >= 11 is 0. The molecular weight excluding hydrogens is 601 g/mol. The maximum absolute atomic E-state index is 14.4. The summed E-state index contributed by atoms with van der Waals surface area (Å²) in [6, 6.07) is 5.82. The third-order valence-corrected chi connectivity index (χ3v) is 11.5. The molecule has 0 radical (unpaired) electrons. The van der Waals surface area contributed by atoms with E-state index in [1.54, 1.807) is 0 Å². The summed E-state index contributed by atoms with van der Waals surface area (Å²) < 4.78 is 124. The lowest BCUT2D eigenvalue weighted by Gasteiger charge is -2.42. The van der Waals surface area contributed by atoms with E-state index >= 15 is 0 Å². The van der Waals surface area contributed by atoms with Gasteiger partial charge in [0.15, 0.2) is 21.4 Å². The highest BCUT2D eigenvalue weighted by molar-refractivity contribution is 7.91. The first-order chi connectivity index (χ1) is 19.5. The van der Waals surface area contributed by atoms with Gasteiger partial charge in [-0.15, -0.1) is 13.2 Å². The highest BCUT2D eigenvalue weighted by atomic mass is 32.2. The molecule has 42 heavy (non-hydrogen) atoms. The summed E-state index contributed by atoms with van der Waals surface area (Å²) in [5, 5.41) is 5.68. The molecule has 232 valence electrons. The maximum atomic E-state index is 14.4. The van der Waals surface area contributed by atoms with E-state index < -0.39 is 77.2 Å². The van der Waals surface area contributed by atoms with Crippen molar-refractivity contribution < 1.29 is 43.5 Å². The van der Waals surface area contributed by atoms with Gasteiger partial charge in [-0.05, 0) is 86.3 Å². The lowest BCUT2D eigenvalue weighted by molar-refractivity contribution is -0.137. The van der Waals surface area contributed by atoms with Crippen molar-refractivity contribution in [3.8, 4) is 5.75 Å². The first-order valence-electron chi connectivity index (χ1n) is 13.2. The highest BCUT2D eigenvalue weighted by Crippen LogP contribution is 2.44. The molecule has 13 heteroatoms. The van der Waals surface area contributed by atoms with Crippen LogP contribution in [0.1, 0.15) is 44.1 Å². The SMILES string of the molecule is C=CCC(CC=C)(CC1CCCC(CS(=O)(=O)c2ccc(C(F)(F)F)cc2)[C@H]1COc1cc(F)ccc1F)S(N)(=O)=O. The molecule has 2 unspecified atom stereocenters. The summed E-state index contributed by atoms with van der Waals surface area (Å²) in [6.45, 7) is 7.06. The zero-order valence-electron chi connectivity index (χ0n) is 22.8. The summed E-state index contributed by atoms with van der Waals surface area (Å²) in [5.74, 6) is -4.22. The molecule has 1 saturated carbocycles. The van der Waals surface area contributed by atoms with Crippen LogP contribution >= 0.6 is 0 Å². The molecule has 3 rings (SSSR count). The minimum Gasteiger partial charge on any atom is -0.490 e. The van der Waals surface area contributed by atoms with Crippen LogP contribution in [0, 0.1) is 29.4 Å². The topological polar surface area (TPSA) is 104 Å². The number of primary sulfonamides is 1. The Morgan fingerprint density at radius 2 is 1.52 bits per heavy atom. The third kappa shape index (κ3) is 7.99. The Balaban J connectivity index is 1.99. The Kier molecular flexibility index (Phi) is 10.6. The van der Waals surface area contributed by atoms with Crippen molar-refractivity contribution in [3.63, 3.8) is 0 Å². The lowest BCUT2D eigenvalue weighted by atomic mass is 9.69. The van der Waals surface area contributed by atoms with Crippen LogP contribution in [0.4, 0.5) is 22.0 Å². The van der Waals surface area contributed by atoms with E-state index in [4.69, 9.17) is 9.88 Å². The van der Waals surface area contributed by atoms with Crippen LogP contribution in [0.3, 0.4) is 0 Å². The van der Waals surface area contributed by atoms with Crippen LogP contribution in [0.5, 0.6) is 5.75 Å². The molecule has 1 aliphatic rings.